The number of furan rings is 1. The van der Waals surface area contributed by atoms with Crippen LogP contribution in [0, 0.1) is 0 Å². The Bertz CT molecular complexity index is 502. The number of nitrogens with two attached hydrogens (primary N) is 1. The number of fused-ring (bicyclic) bond motifs is 1. The molecule has 2 rings (SSSR count). The number of nitrogens with one attached hydrogen (secondary N) is 1. The number of benzene rings is 1. The van der Waals surface area contributed by atoms with Gasteiger partial charge in [-0.1, -0.05) is 12.1 Å². The van der Waals surface area contributed by atoms with Gasteiger partial charge < -0.3 is 15.5 Å². The Morgan fingerprint density at radius 1 is 1.50 bits per heavy atom. The lowest BCUT2D eigenvalue weighted by molar-refractivity contribution is -0.116. The van der Waals surface area contributed by atoms with Gasteiger partial charge >= 0.3 is 0 Å². The van der Waals surface area contributed by atoms with Crippen molar-refractivity contribution in [3.63, 3.8) is 0 Å². The summed E-state index contributed by atoms with van der Waals surface area (Å²) < 4.78 is 5.31. The number of hydrogen-bond acceptors (Lipinski definition) is 3. The van der Waals surface area contributed by atoms with Gasteiger partial charge in [0.25, 0.3) is 0 Å². The highest BCUT2D eigenvalue weighted by atomic mass is 16.3. The Hall–Kier alpha value is -1.81. The third-order valence-electron chi connectivity index (χ3n) is 2.26. The number of carbonyl (C=O) groups is 1. The van der Waals surface area contributed by atoms with Crippen LogP contribution >= 0.6 is 0 Å². The fraction of sp³-hybridized carbons (Fsp3) is 0.250. The molecule has 84 valence electrons. The summed E-state index contributed by atoms with van der Waals surface area (Å²) in [5.74, 6) is -0.0958. The van der Waals surface area contributed by atoms with Gasteiger partial charge in [-0.15, -0.1) is 0 Å². The maximum absolute atomic E-state index is 11.5. The third kappa shape index (κ3) is 2.23. The zero-order valence-electron chi connectivity index (χ0n) is 9.07. The van der Waals surface area contributed by atoms with Crippen molar-refractivity contribution in [3.8, 4) is 0 Å². The SMILES string of the molecule is CC(N)CC(=O)Nc1coc2ccccc12. The van der Waals surface area contributed by atoms with Crippen LogP contribution in [0.3, 0.4) is 0 Å². The number of rotatable bonds is 3. The molecule has 0 fully saturated rings. The van der Waals surface area contributed by atoms with E-state index >= 15 is 0 Å². The van der Waals surface area contributed by atoms with Gasteiger partial charge in [-0.3, -0.25) is 4.79 Å². The van der Waals surface area contributed by atoms with Crippen molar-refractivity contribution in [1.82, 2.24) is 0 Å². The van der Waals surface area contributed by atoms with Gasteiger partial charge in [0.1, 0.15) is 11.8 Å². The van der Waals surface area contributed by atoms with Crippen LogP contribution in [0.4, 0.5) is 5.69 Å². The van der Waals surface area contributed by atoms with Crippen LogP contribution in [0.5, 0.6) is 0 Å². The third-order valence-corrected chi connectivity index (χ3v) is 2.26. The summed E-state index contributed by atoms with van der Waals surface area (Å²) in [6.07, 6.45) is 1.85. The van der Waals surface area contributed by atoms with Gasteiger partial charge in [0.05, 0.1) is 5.69 Å². The zero-order valence-corrected chi connectivity index (χ0v) is 9.07. The van der Waals surface area contributed by atoms with Crippen molar-refractivity contribution < 1.29 is 9.21 Å². The molecule has 3 N–H and O–H groups in total. The van der Waals surface area contributed by atoms with Crippen LogP contribution in [-0.4, -0.2) is 11.9 Å². The summed E-state index contributed by atoms with van der Waals surface area (Å²) in [7, 11) is 0. The van der Waals surface area contributed by atoms with Crippen molar-refractivity contribution in [2.45, 2.75) is 19.4 Å². The fourth-order valence-electron chi connectivity index (χ4n) is 1.57. The molecule has 1 unspecified atom stereocenters. The molecule has 1 aromatic carbocycles. The molecular formula is C12H14N2O2. The highest BCUT2D eigenvalue weighted by Crippen LogP contribution is 2.25. The Balaban J connectivity index is 2.18. The molecule has 0 aliphatic rings. The molecule has 0 bridgehead atoms. The second kappa shape index (κ2) is 4.37. The number of anilines is 1. The highest BCUT2D eigenvalue weighted by Gasteiger charge is 2.09. The Kier molecular flexibility index (Phi) is 2.92. The average molecular weight is 218 g/mol. The van der Waals surface area contributed by atoms with E-state index in [1.165, 1.54) is 0 Å². The monoisotopic (exact) mass is 218 g/mol. The van der Waals surface area contributed by atoms with E-state index in [-0.39, 0.29) is 11.9 Å². The van der Waals surface area contributed by atoms with Crippen molar-refractivity contribution >= 4 is 22.6 Å². The fourth-order valence-corrected chi connectivity index (χ4v) is 1.57. The molecule has 4 heteroatoms. The van der Waals surface area contributed by atoms with E-state index in [4.69, 9.17) is 10.2 Å². The zero-order chi connectivity index (χ0) is 11.5. The van der Waals surface area contributed by atoms with Gasteiger partial charge in [-0.05, 0) is 19.1 Å². The summed E-state index contributed by atoms with van der Waals surface area (Å²) in [6.45, 7) is 1.80. The molecule has 4 nitrogen and oxygen atoms in total. The van der Waals surface area contributed by atoms with Crippen LogP contribution in [0.25, 0.3) is 11.0 Å². The molecule has 16 heavy (non-hydrogen) atoms. The lowest BCUT2D eigenvalue weighted by Gasteiger charge is -2.05. The van der Waals surface area contributed by atoms with E-state index < -0.39 is 0 Å². The first kappa shape index (κ1) is 10.7. The quantitative estimate of drug-likeness (QED) is 0.829. The molecule has 0 saturated carbocycles. The first-order chi connectivity index (χ1) is 7.66. The average Bonchev–Trinajstić information content (AvgIpc) is 2.61. The van der Waals surface area contributed by atoms with Crippen molar-refractivity contribution in [2.24, 2.45) is 5.73 Å². The van der Waals surface area contributed by atoms with E-state index in [2.05, 4.69) is 5.32 Å². The molecule has 0 spiro atoms. The van der Waals surface area contributed by atoms with Gasteiger partial charge in [0.15, 0.2) is 0 Å². The lowest BCUT2D eigenvalue weighted by atomic mass is 10.2. The maximum Gasteiger partial charge on any atom is 0.226 e. The Morgan fingerprint density at radius 3 is 3.00 bits per heavy atom. The molecule has 1 heterocycles. The van der Waals surface area contributed by atoms with E-state index in [1.807, 2.05) is 24.3 Å². The molecule has 0 radical (unpaired) electrons. The normalized spacial score (nSPS) is 12.6. The largest absolute Gasteiger partial charge is 0.462 e. The van der Waals surface area contributed by atoms with Gasteiger partial charge in [-0.25, -0.2) is 0 Å². The van der Waals surface area contributed by atoms with Crippen LogP contribution in [-0.2, 0) is 4.79 Å². The summed E-state index contributed by atoms with van der Waals surface area (Å²) >= 11 is 0. The molecule has 1 amide bonds. The van der Waals surface area contributed by atoms with Crippen LogP contribution in [0.1, 0.15) is 13.3 Å². The van der Waals surface area contributed by atoms with Crippen molar-refractivity contribution in [2.75, 3.05) is 5.32 Å². The molecular weight excluding hydrogens is 204 g/mol. The van der Waals surface area contributed by atoms with Crippen LogP contribution < -0.4 is 11.1 Å². The second-order valence-corrected chi connectivity index (χ2v) is 3.88. The smallest absolute Gasteiger partial charge is 0.226 e. The predicted molar refractivity (Wildman–Crippen MR) is 63.1 cm³/mol. The Labute approximate surface area is 93.4 Å². The maximum atomic E-state index is 11.5. The van der Waals surface area contributed by atoms with E-state index in [1.54, 1.807) is 13.2 Å². The summed E-state index contributed by atoms with van der Waals surface area (Å²) in [5, 5.41) is 3.69. The topological polar surface area (TPSA) is 68.3 Å². The van der Waals surface area contributed by atoms with Crippen LogP contribution in [0.15, 0.2) is 34.9 Å². The van der Waals surface area contributed by atoms with Gasteiger partial charge in [0, 0.05) is 17.8 Å². The van der Waals surface area contributed by atoms with Gasteiger partial charge in [-0.2, -0.15) is 0 Å². The van der Waals surface area contributed by atoms with Crippen molar-refractivity contribution in [1.29, 1.82) is 0 Å². The van der Waals surface area contributed by atoms with E-state index in [9.17, 15) is 4.79 Å². The minimum Gasteiger partial charge on any atom is -0.462 e. The number of para-hydroxylation sites is 1. The lowest BCUT2D eigenvalue weighted by Crippen LogP contribution is -2.23. The highest BCUT2D eigenvalue weighted by molar-refractivity contribution is 6.00. The predicted octanol–water partition coefficient (Wildman–Crippen LogP) is 2.11. The summed E-state index contributed by atoms with van der Waals surface area (Å²) in [6, 6.07) is 7.41. The summed E-state index contributed by atoms with van der Waals surface area (Å²) in [4.78, 5) is 11.5. The summed E-state index contributed by atoms with van der Waals surface area (Å²) in [5.41, 5.74) is 7.01. The first-order valence-corrected chi connectivity index (χ1v) is 5.18. The molecule has 0 aliphatic heterocycles. The van der Waals surface area contributed by atoms with Gasteiger partial charge in [0.2, 0.25) is 5.91 Å². The molecule has 1 atom stereocenters. The number of hydrogen-bond donors (Lipinski definition) is 2. The minimum absolute atomic E-state index is 0.0958. The number of carbonyl (C=O) groups excluding carboxylic acids is 1. The number of amides is 1. The van der Waals surface area contributed by atoms with E-state index in [0.29, 0.717) is 12.1 Å². The van der Waals surface area contributed by atoms with Crippen LogP contribution in [0.2, 0.25) is 0 Å². The second-order valence-electron chi connectivity index (χ2n) is 3.88. The molecule has 2 aromatic rings. The van der Waals surface area contributed by atoms with E-state index in [0.717, 1.165) is 11.0 Å². The molecule has 0 aliphatic carbocycles. The minimum atomic E-state index is -0.141. The molecule has 1 aromatic heterocycles. The standard InChI is InChI=1S/C12H14N2O2/c1-8(13)6-12(15)14-10-7-16-11-5-3-2-4-9(10)11/h2-5,7-8H,6,13H2,1H3,(H,14,15). The Morgan fingerprint density at radius 2 is 2.25 bits per heavy atom. The molecule has 0 saturated heterocycles. The van der Waals surface area contributed by atoms with Crippen molar-refractivity contribution in [3.05, 3.63) is 30.5 Å². The first-order valence-electron chi connectivity index (χ1n) is 5.18.